The van der Waals surface area contributed by atoms with Crippen molar-refractivity contribution in [3.8, 4) is 5.75 Å². The number of piperidine rings is 1. The Bertz CT molecular complexity index is 671. The molecule has 0 radical (unpaired) electrons. The maximum Gasteiger partial charge on any atom is 0.409 e. The van der Waals surface area contributed by atoms with Gasteiger partial charge in [0.25, 0.3) is 0 Å². The number of carbonyl (C=O) groups excluding carboxylic acids is 3. The summed E-state index contributed by atoms with van der Waals surface area (Å²) < 4.78 is 10.1. The van der Waals surface area contributed by atoms with Gasteiger partial charge in [-0.05, 0) is 31.9 Å². The van der Waals surface area contributed by atoms with Crippen LogP contribution < -0.4 is 10.1 Å². The van der Waals surface area contributed by atoms with Crippen LogP contribution in [0.5, 0.6) is 5.75 Å². The van der Waals surface area contributed by atoms with Crippen LogP contribution in [0.1, 0.15) is 26.7 Å². The van der Waals surface area contributed by atoms with Crippen LogP contribution in [0, 0.1) is 0 Å². The van der Waals surface area contributed by atoms with Crippen LogP contribution in [0.15, 0.2) is 24.3 Å². The second-order valence-electron chi connectivity index (χ2n) is 6.34. The number of anilines is 1. The van der Waals surface area contributed by atoms with Crippen molar-refractivity contribution in [2.45, 2.75) is 32.7 Å². The number of methoxy groups -OCH3 is 1. The number of amides is 3. The third-order valence-corrected chi connectivity index (χ3v) is 4.50. The van der Waals surface area contributed by atoms with E-state index in [2.05, 4.69) is 5.32 Å². The summed E-state index contributed by atoms with van der Waals surface area (Å²) in [5, 5.41) is 2.79. The molecule has 2 rings (SSSR count). The molecule has 0 aliphatic carbocycles. The highest BCUT2D eigenvalue weighted by Gasteiger charge is 2.29. The molecule has 1 saturated heterocycles. The first-order chi connectivity index (χ1) is 12.9. The summed E-state index contributed by atoms with van der Waals surface area (Å²) in [5.41, 5.74) is 0.611. The number of hydrogen-bond acceptors (Lipinski definition) is 5. The molecular weight excluding hydrogens is 350 g/mol. The Morgan fingerprint density at radius 1 is 1.26 bits per heavy atom. The quantitative estimate of drug-likeness (QED) is 0.820. The molecule has 0 spiro atoms. The highest BCUT2D eigenvalue weighted by molar-refractivity contribution is 5.94. The summed E-state index contributed by atoms with van der Waals surface area (Å²) in [7, 11) is 1.56. The zero-order valence-corrected chi connectivity index (χ0v) is 16.1. The van der Waals surface area contributed by atoms with E-state index in [9.17, 15) is 14.4 Å². The van der Waals surface area contributed by atoms with Gasteiger partial charge in [0.1, 0.15) is 12.3 Å². The van der Waals surface area contributed by atoms with Crippen molar-refractivity contribution in [3.05, 3.63) is 24.3 Å². The molecule has 0 saturated carbocycles. The zero-order valence-electron chi connectivity index (χ0n) is 16.1. The highest BCUT2D eigenvalue weighted by atomic mass is 16.6. The standard InChI is InChI=1S/C19H27N3O5/c1-4-27-19(25)21-10-8-16(9-11-21)22(14(2)23)13-18(24)20-15-6-5-7-17(12-15)26-3/h5-7,12,16H,4,8-11,13H2,1-3H3,(H,20,24). The molecule has 1 aromatic rings. The van der Waals surface area contributed by atoms with Crippen LogP contribution in [-0.4, -0.2) is 67.1 Å². The first-order valence-electron chi connectivity index (χ1n) is 9.07. The molecule has 1 aromatic carbocycles. The molecular formula is C19H27N3O5. The molecule has 8 nitrogen and oxygen atoms in total. The summed E-state index contributed by atoms with van der Waals surface area (Å²) >= 11 is 0. The van der Waals surface area contributed by atoms with Gasteiger partial charge in [-0.25, -0.2) is 4.79 Å². The first-order valence-corrected chi connectivity index (χ1v) is 9.07. The van der Waals surface area contributed by atoms with Gasteiger partial charge in [-0.1, -0.05) is 6.07 Å². The van der Waals surface area contributed by atoms with Crippen LogP contribution in [0.2, 0.25) is 0 Å². The molecule has 0 unspecified atom stereocenters. The van der Waals surface area contributed by atoms with E-state index >= 15 is 0 Å². The van der Waals surface area contributed by atoms with E-state index < -0.39 is 0 Å². The molecule has 3 amide bonds. The second-order valence-corrected chi connectivity index (χ2v) is 6.34. The smallest absolute Gasteiger partial charge is 0.409 e. The molecule has 1 N–H and O–H groups in total. The molecule has 148 valence electrons. The topological polar surface area (TPSA) is 88.2 Å². The van der Waals surface area contributed by atoms with Crippen LogP contribution in [0.3, 0.4) is 0 Å². The van der Waals surface area contributed by atoms with Gasteiger partial charge in [0.15, 0.2) is 0 Å². The van der Waals surface area contributed by atoms with Crippen molar-refractivity contribution in [3.63, 3.8) is 0 Å². The lowest BCUT2D eigenvalue weighted by atomic mass is 10.0. The van der Waals surface area contributed by atoms with E-state index in [0.717, 1.165) is 0 Å². The Kier molecular flexibility index (Phi) is 7.45. The summed E-state index contributed by atoms with van der Waals surface area (Å²) in [5.74, 6) is 0.208. The van der Waals surface area contributed by atoms with Crippen LogP contribution in [0.25, 0.3) is 0 Å². The van der Waals surface area contributed by atoms with E-state index in [-0.39, 0.29) is 30.5 Å². The summed E-state index contributed by atoms with van der Waals surface area (Å²) in [4.78, 5) is 39.5. The predicted molar refractivity (Wildman–Crippen MR) is 101 cm³/mol. The Labute approximate surface area is 159 Å². The molecule has 0 bridgehead atoms. The third kappa shape index (κ3) is 5.87. The lowest BCUT2D eigenvalue weighted by Crippen LogP contribution is -2.50. The number of rotatable bonds is 6. The second kappa shape index (κ2) is 9.80. The number of ether oxygens (including phenoxy) is 2. The lowest BCUT2D eigenvalue weighted by Gasteiger charge is -2.37. The highest BCUT2D eigenvalue weighted by Crippen LogP contribution is 2.19. The van der Waals surface area contributed by atoms with Crippen molar-refractivity contribution in [1.82, 2.24) is 9.80 Å². The van der Waals surface area contributed by atoms with E-state index in [1.807, 2.05) is 0 Å². The maximum atomic E-state index is 12.4. The molecule has 27 heavy (non-hydrogen) atoms. The van der Waals surface area contributed by atoms with Crippen molar-refractivity contribution in [1.29, 1.82) is 0 Å². The number of nitrogens with one attached hydrogen (secondary N) is 1. The summed E-state index contributed by atoms with van der Waals surface area (Å²) in [6, 6.07) is 6.96. The van der Waals surface area contributed by atoms with E-state index in [4.69, 9.17) is 9.47 Å². The molecule has 1 aliphatic heterocycles. The van der Waals surface area contributed by atoms with Crippen molar-refractivity contribution in [2.75, 3.05) is 38.7 Å². The van der Waals surface area contributed by atoms with Gasteiger partial charge in [-0.3, -0.25) is 9.59 Å². The Balaban J connectivity index is 1.92. The number of carbonyl (C=O) groups is 3. The molecule has 8 heteroatoms. The fourth-order valence-electron chi connectivity index (χ4n) is 3.13. The zero-order chi connectivity index (χ0) is 19.8. The van der Waals surface area contributed by atoms with Gasteiger partial charge in [0, 0.05) is 37.8 Å². The van der Waals surface area contributed by atoms with Crippen molar-refractivity contribution >= 4 is 23.6 Å². The maximum absolute atomic E-state index is 12.4. The van der Waals surface area contributed by atoms with Crippen molar-refractivity contribution < 1.29 is 23.9 Å². The van der Waals surface area contributed by atoms with Gasteiger partial charge >= 0.3 is 6.09 Å². The molecule has 1 aliphatic rings. The fraction of sp³-hybridized carbons (Fsp3) is 0.526. The average Bonchev–Trinajstić information content (AvgIpc) is 2.66. The van der Waals surface area contributed by atoms with Gasteiger partial charge in [-0.2, -0.15) is 0 Å². The monoisotopic (exact) mass is 377 g/mol. The average molecular weight is 377 g/mol. The minimum absolute atomic E-state index is 0.0311. The van der Waals surface area contributed by atoms with Crippen molar-refractivity contribution in [2.24, 2.45) is 0 Å². The van der Waals surface area contributed by atoms with E-state index in [1.165, 1.54) is 6.92 Å². The van der Waals surface area contributed by atoms with Gasteiger partial charge in [0.05, 0.1) is 13.7 Å². The Morgan fingerprint density at radius 3 is 2.56 bits per heavy atom. The number of hydrogen-bond donors (Lipinski definition) is 1. The normalized spacial score (nSPS) is 14.4. The summed E-state index contributed by atoms with van der Waals surface area (Å²) in [6.45, 7) is 4.54. The van der Waals surface area contributed by atoms with Crippen LogP contribution in [0.4, 0.5) is 10.5 Å². The number of benzene rings is 1. The number of nitrogens with zero attached hydrogens (tertiary/aromatic N) is 2. The van der Waals surface area contributed by atoms with Gasteiger partial charge < -0.3 is 24.6 Å². The molecule has 1 heterocycles. The van der Waals surface area contributed by atoms with Gasteiger partial charge in [0.2, 0.25) is 11.8 Å². The molecule has 1 fully saturated rings. The lowest BCUT2D eigenvalue weighted by molar-refractivity contribution is -0.136. The molecule has 0 aromatic heterocycles. The van der Waals surface area contributed by atoms with Crippen LogP contribution in [-0.2, 0) is 14.3 Å². The largest absolute Gasteiger partial charge is 0.497 e. The SMILES string of the molecule is CCOC(=O)N1CCC(N(CC(=O)Nc2cccc(OC)c2)C(C)=O)CC1. The van der Waals surface area contributed by atoms with Gasteiger partial charge in [-0.15, -0.1) is 0 Å². The summed E-state index contributed by atoms with van der Waals surface area (Å²) in [6.07, 6.45) is 0.899. The van der Waals surface area contributed by atoms with E-state index in [0.29, 0.717) is 44.0 Å². The third-order valence-electron chi connectivity index (χ3n) is 4.50. The Morgan fingerprint density at radius 2 is 1.96 bits per heavy atom. The minimum Gasteiger partial charge on any atom is -0.497 e. The fourth-order valence-corrected chi connectivity index (χ4v) is 3.13. The van der Waals surface area contributed by atoms with E-state index in [1.54, 1.807) is 48.1 Å². The predicted octanol–water partition coefficient (Wildman–Crippen LogP) is 2.10. The van der Waals surface area contributed by atoms with Crippen LogP contribution >= 0.6 is 0 Å². The first kappa shape index (κ1) is 20.5. The molecule has 0 atom stereocenters. The number of likely N-dealkylation sites (tertiary alicyclic amines) is 1. The Hall–Kier alpha value is -2.77. The minimum atomic E-state index is -0.332.